The Labute approximate surface area is 106 Å². The maximum Gasteiger partial charge on any atom is 0.223 e. The second-order valence-corrected chi connectivity index (χ2v) is 3.97. The molecule has 3 nitrogen and oxygen atoms in total. The molecule has 1 N–H and O–H groups in total. The summed E-state index contributed by atoms with van der Waals surface area (Å²) in [5.41, 5.74) is 0.935. The van der Waals surface area contributed by atoms with E-state index >= 15 is 0 Å². The number of rotatable bonds is 4. The van der Waals surface area contributed by atoms with Gasteiger partial charge < -0.3 is 10.1 Å². The van der Waals surface area contributed by atoms with Gasteiger partial charge in [-0.25, -0.2) is 9.37 Å². The lowest BCUT2D eigenvalue weighted by Gasteiger charge is -2.14. The third kappa shape index (κ3) is 2.84. The molecule has 0 fully saturated rings. The molecule has 0 radical (unpaired) electrons. The van der Waals surface area contributed by atoms with E-state index < -0.39 is 0 Å². The first-order valence-corrected chi connectivity index (χ1v) is 5.76. The standard InChI is InChI=1S/C14H15FN2O/c1-10(16-2)13-7-4-8-17-14(13)18-12-6-3-5-11(15)9-12/h3-10,16H,1-2H3. The predicted octanol–water partition coefficient (Wildman–Crippen LogP) is 3.29. The average molecular weight is 246 g/mol. The van der Waals surface area contributed by atoms with Crippen LogP contribution in [-0.2, 0) is 0 Å². The van der Waals surface area contributed by atoms with Crippen LogP contribution in [0.4, 0.5) is 4.39 Å². The van der Waals surface area contributed by atoms with Crippen molar-refractivity contribution in [3.63, 3.8) is 0 Å². The van der Waals surface area contributed by atoms with Crippen molar-refractivity contribution in [1.82, 2.24) is 10.3 Å². The molecule has 1 unspecified atom stereocenters. The fourth-order valence-electron chi connectivity index (χ4n) is 1.62. The molecule has 1 aromatic carbocycles. The number of pyridine rings is 1. The van der Waals surface area contributed by atoms with Crippen molar-refractivity contribution in [3.05, 3.63) is 54.0 Å². The van der Waals surface area contributed by atoms with Gasteiger partial charge in [-0.15, -0.1) is 0 Å². The quantitative estimate of drug-likeness (QED) is 0.898. The van der Waals surface area contributed by atoms with Crippen LogP contribution in [0.3, 0.4) is 0 Å². The van der Waals surface area contributed by atoms with Crippen LogP contribution in [0.25, 0.3) is 0 Å². The van der Waals surface area contributed by atoms with Crippen LogP contribution in [-0.4, -0.2) is 12.0 Å². The molecule has 0 saturated heterocycles. The third-order valence-electron chi connectivity index (χ3n) is 2.71. The molecule has 4 heteroatoms. The van der Waals surface area contributed by atoms with E-state index in [4.69, 9.17) is 4.74 Å². The maximum absolute atomic E-state index is 13.1. The molecule has 0 spiro atoms. The van der Waals surface area contributed by atoms with Crippen LogP contribution >= 0.6 is 0 Å². The SMILES string of the molecule is CNC(C)c1cccnc1Oc1cccc(F)c1. The Kier molecular flexibility index (Phi) is 3.89. The van der Waals surface area contributed by atoms with Gasteiger partial charge in [-0.1, -0.05) is 12.1 Å². The van der Waals surface area contributed by atoms with Crippen LogP contribution in [0, 0.1) is 5.82 Å². The molecule has 0 aliphatic heterocycles. The van der Waals surface area contributed by atoms with E-state index in [2.05, 4.69) is 10.3 Å². The maximum atomic E-state index is 13.1. The van der Waals surface area contributed by atoms with Crippen molar-refractivity contribution in [2.24, 2.45) is 0 Å². The summed E-state index contributed by atoms with van der Waals surface area (Å²) in [7, 11) is 1.86. The third-order valence-corrected chi connectivity index (χ3v) is 2.71. The van der Waals surface area contributed by atoms with Crippen LogP contribution in [0.5, 0.6) is 11.6 Å². The first kappa shape index (κ1) is 12.5. The Morgan fingerprint density at radius 3 is 2.83 bits per heavy atom. The zero-order valence-corrected chi connectivity index (χ0v) is 10.4. The minimum atomic E-state index is -0.327. The summed E-state index contributed by atoms with van der Waals surface area (Å²) in [6.45, 7) is 2.01. The number of nitrogens with zero attached hydrogens (tertiary/aromatic N) is 1. The van der Waals surface area contributed by atoms with Gasteiger partial charge in [0.2, 0.25) is 5.88 Å². The van der Waals surface area contributed by atoms with Gasteiger partial charge in [-0.2, -0.15) is 0 Å². The molecular weight excluding hydrogens is 231 g/mol. The molecule has 0 amide bonds. The first-order valence-electron chi connectivity index (χ1n) is 5.76. The Morgan fingerprint density at radius 1 is 1.28 bits per heavy atom. The Bertz CT molecular complexity index is 531. The van der Waals surface area contributed by atoms with Gasteiger partial charge in [0, 0.05) is 23.9 Å². The average Bonchev–Trinajstić information content (AvgIpc) is 2.38. The van der Waals surface area contributed by atoms with Gasteiger partial charge in [0.15, 0.2) is 0 Å². The van der Waals surface area contributed by atoms with Crippen LogP contribution in [0.2, 0.25) is 0 Å². The van der Waals surface area contributed by atoms with Gasteiger partial charge in [0.25, 0.3) is 0 Å². The Morgan fingerprint density at radius 2 is 2.11 bits per heavy atom. The summed E-state index contributed by atoms with van der Waals surface area (Å²) in [4.78, 5) is 4.19. The van der Waals surface area contributed by atoms with Crippen LogP contribution in [0.15, 0.2) is 42.6 Å². The molecule has 1 aromatic heterocycles. The van der Waals surface area contributed by atoms with E-state index in [1.165, 1.54) is 12.1 Å². The van der Waals surface area contributed by atoms with Gasteiger partial charge in [-0.05, 0) is 32.2 Å². The highest BCUT2D eigenvalue weighted by Crippen LogP contribution is 2.27. The summed E-state index contributed by atoms with van der Waals surface area (Å²) in [5.74, 6) is 0.606. The van der Waals surface area contributed by atoms with Gasteiger partial charge >= 0.3 is 0 Å². The molecule has 2 aromatic rings. The summed E-state index contributed by atoms with van der Waals surface area (Å²) in [6.07, 6.45) is 1.65. The van der Waals surface area contributed by atoms with E-state index in [1.54, 1.807) is 18.3 Å². The lowest BCUT2D eigenvalue weighted by molar-refractivity contribution is 0.443. The molecule has 1 atom stereocenters. The monoisotopic (exact) mass is 246 g/mol. The number of hydrogen-bond donors (Lipinski definition) is 1. The minimum absolute atomic E-state index is 0.113. The highest BCUT2D eigenvalue weighted by atomic mass is 19.1. The zero-order chi connectivity index (χ0) is 13.0. The van der Waals surface area contributed by atoms with Crippen molar-refractivity contribution in [2.75, 3.05) is 7.05 Å². The second kappa shape index (κ2) is 5.60. The molecule has 0 aliphatic carbocycles. The zero-order valence-electron chi connectivity index (χ0n) is 10.4. The van der Waals surface area contributed by atoms with Crippen molar-refractivity contribution in [1.29, 1.82) is 0 Å². The van der Waals surface area contributed by atoms with Gasteiger partial charge in [0.05, 0.1) is 0 Å². The highest BCUT2D eigenvalue weighted by Gasteiger charge is 2.11. The van der Waals surface area contributed by atoms with Crippen molar-refractivity contribution >= 4 is 0 Å². The lowest BCUT2D eigenvalue weighted by atomic mass is 10.1. The largest absolute Gasteiger partial charge is 0.439 e. The minimum Gasteiger partial charge on any atom is -0.439 e. The molecule has 0 aliphatic rings. The highest BCUT2D eigenvalue weighted by molar-refractivity contribution is 5.34. The summed E-state index contributed by atoms with van der Waals surface area (Å²) >= 11 is 0. The molecule has 0 saturated carbocycles. The van der Waals surface area contributed by atoms with Crippen molar-refractivity contribution in [3.8, 4) is 11.6 Å². The van der Waals surface area contributed by atoms with E-state index in [0.29, 0.717) is 11.6 Å². The number of ether oxygens (including phenoxy) is 1. The summed E-state index contributed by atoms with van der Waals surface area (Å²) in [5, 5.41) is 3.12. The van der Waals surface area contributed by atoms with Crippen LogP contribution < -0.4 is 10.1 Å². The lowest BCUT2D eigenvalue weighted by Crippen LogP contribution is -2.13. The summed E-state index contributed by atoms with van der Waals surface area (Å²) in [6, 6.07) is 9.91. The first-order chi connectivity index (χ1) is 8.70. The number of benzene rings is 1. The Hall–Kier alpha value is -1.94. The molecule has 2 rings (SSSR count). The van der Waals surface area contributed by atoms with E-state index in [9.17, 15) is 4.39 Å². The molecule has 18 heavy (non-hydrogen) atoms. The molecule has 1 heterocycles. The van der Waals surface area contributed by atoms with Crippen LogP contribution in [0.1, 0.15) is 18.5 Å². The number of aromatic nitrogens is 1. The predicted molar refractivity (Wildman–Crippen MR) is 68.2 cm³/mol. The number of nitrogens with one attached hydrogen (secondary N) is 1. The number of hydrogen-bond acceptors (Lipinski definition) is 3. The number of halogens is 1. The van der Waals surface area contributed by atoms with E-state index in [1.807, 2.05) is 26.1 Å². The van der Waals surface area contributed by atoms with Gasteiger partial charge in [0.1, 0.15) is 11.6 Å². The van der Waals surface area contributed by atoms with Crippen molar-refractivity contribution in [2.45, 2.75) is 13.0 Å². The van der Waals surface area contributed by atoms with Crippen molar-refractivity contribution < 1.29 is 9.13 Å². The normalized spacial score (nSPS) is 12.2. The smallest absolute Gasteiger partial charge is 0.223 e. The fourth-order valence-corrected chi connectivity index (χ4v) is 1.62. The van der Waals surface area contributed by atoms with Gasteiger partial charge in [-0.3, -0.25) is 0 Å². The molecule has 94 valence electrons. The van der Waals surface area contributed by atoms with E-state index in [0.717, 1.165) is 5.56 Å². The van der Waals surface area contributed by atoms with E-state index in [-0.39, 0.29) is 11.9 Å². The Balaban J connectivity index is 2.29. The molecular formula is C14H15FN2O. The second-order valence-electron chi connectivity index (χ2n) is 3.97. The topological polar surface area (TPSA) is 34.2 Å². The fraction of sp³-hybridized carbons (Fsp3) is 0.214. The summed E-state index contributed by atoms with van der Waals surface area (Å²) < 4.78 is 18.7. The molecule has 0 bridgehead atoms.